The van der Waals surface area contributed by atoms with Crippen LogP contribution in [0.4, 0.5) is 0 Å². The van der Waals surface area contributed by atoms with Crippen LogP contribution >= 0.6 is 0 Å². The van der Waals surface area contributed by atoms with Crippen LogP contribution < -0.4 is 5.32 Å². The molecule has 3 heteroatoms. The Morgan fingerprint density at radius 1 is 1.10 bits per heavy atom. The van der Waals surface area contributed by atoms with E-state index in [2.05, 4.69) is 57.7 Å². The number of nitrogens with zero attached hydrogens (tertiary/aromatic N) is 2. The van der Waals surface area contributed by atoms with Gasteiger partial charge in [0.1, 0.15) is 0 Å². The summed E-state index contributed by atoms with van der Waals surface area (Å²) < 4.78 is 0. The molecule has 1 aromatic carbocycles. The van der Waals surface area contributed by atoms with E-state index >= 15 is 0 Å². The van der Waals surface area contributed by atoms with Gasteiger partial charge < -0.3 is 5.32 Å². The molecule has 1 unspecified atom stereocenters. The molecular weight excluding hydrogens is 258 g/mol. The largest absolute Gasteiger partial charge is 0.312 e. The minimum Gasteiger partial charge on any atom is -0.312 e. The van der Waals surface area contributed by atoms with Crippen molar-refractivity contribution in [2.45, 2.75) is 25.4 Å². The van der Waals surface area contributed by atoms with E-state index in [0.29, 0.717) is 6.04 Å². The molecule has 1 atom stereocenters. The third-order valence-corrected chi connectivity index (χ3v) is 4.06. The van der Waals surface area contributed by atoms with Crippen LogP contribution in [0.5, 0.6) is 0 Å². The van der Waals surface area contributed by atoms with Crippen LogP contribution in [0.25, 0.3) is 0 Å². The van der Waals surface area contributed by atoms with Crippen molar-refractivity contribution >= 4 is 0 Å². The van der Waals surface area contributed by atoms with Crippen molar-refractivity contribution in [1.82, 2.24) is 15.2 Å². The predicted octanol–water partition coefficient (Wildman–Crippen LogP) is 2.49. The summed E-state index contributed by atoms with van der Waals surface area (Å²) in [5.74, 6) is 0. The summed E-state index contributed by atoms with van der Waals surface area (Å²) in [5, 5.41) is 3.66. The van der Waals surface area contributed by atoms with Crippen LogP contribution in [0.1, 0.15) is 17.7 Å². The number of aromatic nitrogens is 1. The first-order valence-corrected chi connectivity index (χ1v) is 7.80. The summed E-state index contributed by atoms with van der Waals surface area (Å²) in [6.07, 6.45) is 4.12. The van der Waals surface area contributed by atoms with Crippen LogP contribution in [0, 0.1) is 0 Å². The zero-order chi connectivity index (χ0) is 14.3. The standard InChI is InChI=1S/C18H23N3/c1-2-6-16(7-3-1)14-21-13-10-18(15-21)20-12-9-17-8-4-5-11-19-17/h1-8,11,18,20H,9-10,12-15H2. The topological polar surface area (TPSA) is 28.2 Å². The highest BCUT2D eigenvalue weighted by atomic mass is 15.2. The molecule has 0 amide bonds. The number of benzene rings is 1. The normalized spacial score (nSPS) is 19.0. The van der Waals surface area contributed by atoms with Gasteiger partial charge in [0.25, 0.3) is 0 Å². The van der Waals surface area contributed by atoms with Gasteiger partial charge in [-0.15, -0.1) is 0 Å². The molecule has 3 nitrogen and oxygen atoms in total. The fraction of sp³-hybridized carbons (Fsp3) is 0.389. The molecule has 2 heterocycles. The van der Waals surface area contributed by atoms with Crippen molar-refractivity contribution in [1.29, 1.82) is 0 Å². The number of hydrogen-bond acceptors (Lipinski definition) is 3. The van der Waals surface area contributed by atoms with Gasteiger partial charge in [0, 0.05) is 50.5 Å². The molecule has 1 fully saturated rings. The van der Waals surface area contributed by atoms with E-state index in [4.69, 9.17) is 0 Å². The maximum atomic E-state index is 4.36. The molecule has 1 N–H and O–H groups in total. The fourth-order valence-electron chi connectivity index (χ4n) is 2.93. The summed E-state index contributed by atoms with van der Waals surface area (Å²) in [4.78, 5) is 6.90. The van der Waals surface area contributed by atoms with Crippen LogP contribution in [0.2, 0.25) is 0 Å². The van der Waals surface area contributed by atoms with E-state index in [1.807, 2.05) is 12.3 Å². The molecule has 1 aromatic heterocycles. The van der Waals surface area contributed by atoms with E-state index in [1.54, 1.807) is 0 Å². The van der Waals surface area contributed by atoms with Crippen molar-refractivity contribution in [2.24, 2.45) is 0 Å². The number of nitrogens with one attached hydrogen (secondary N) is 1. The van der Waals surface area contributed by atoms with Crippen LogP contribution in [0.3, 0.4) is 0 Å². The molecule has 1 aliphatic rings. The highest BCUT2D eigenvalue weighted by Gasteiger charge is 2.21. The summed E-state index contributed by atoms with van der Waals surface area (Å²) in [7, 11) is 0. The van der Waals surface area contributed by atoms with Crippen molar-refractivity contribution in [3.8, 4) is 0 Å². The molecule has 0 saturated carbocycles. The third kappa shape index (κ3) is 4.38. The van der Waals surface area contributed by atoms with Gasteiger partial charge in [0.05, 0.1) is 0 Å². The van der Waals surface area contributed by atoms with Crippen LogP contribution in [0.15, 0.2) is 54.7 Å². The molecule has 1 aliphatic heterocycles. The molecule has 3 rings (SSSR count). The molecule has 0 radical (unpaired) electrons. The van der Waals surface area contributed by atoms with Gasteiger partial charge in [-0.05, 0) is 24.1 Å². The molecule has 1 saturated heterocycles. The number of pyridine rings is 1. The first-order chi connectivity index (χ1) is 10.4. The molecule has 0 bridgehead atoms. The van der Waals surface area contributed by atoms with Gasteiger partial charge in [-0.2, -0.15) is 0 Å². The molecule has 21 heavy (non-hydrogen) atoms. The number of likely N-dealkylation sites (tertiary alicyclic amines) is 1. The zero-order valence-electron chi connectivity index (χ0n) is 12.4. The maximum Gasteiger partial charge on any atom is 0.0416 e. The van der Waals surface area contributed by atoms with Crippen LogP contribution in [-0.4, -0.2) is 35.6 Å². The predicted molar refractivity (Wildman–Crippen MR) is 86.1 cm³/mol. The molecule has 2 aromatic rings. The second-order valence-electron chi connectivity index (χ2n) is 5.73. The van der Waals surface area contributed by atoms with Gasteiger partial charge in [-0.3, -0.25) is 9.88 Å². The van der Waals surface area contributed by atoms with Crippen molar-refractivity contribution in [3.05, 3.63) is 66.0 Å². The summed E-state index contributed by atoms with van der Waals surface area (Å²) in [6.45, 7) is 4.42. The van der Waals surface area contributed by atoms with Gasteiger partial charge in [0.2, 0.25) is 0 Å². The van der Waals surface area contributed by atoms with Gasteiger partial charge in [-0.25, -0.2) is 0 Å². The van der Waals surface area contributed by atoms with Crippen molar-refractivity contribution < 1.29 is 0 Å². The van der Waals surface area contributed by atoms with Crippen molar-refractivity contribution in [3.63, 3.8) is 0 Å². The average molecular weight is 281 g/mol. The zero-order valence-corrected chi connectivity index (χ0v) is 12.4. The quantitative estimate of drug-likeness (QED) is 0.882. The lowest BCUT2D eigenvalue weighted by Gasteiger charge is -2.16. The second-order valence-corrected chi connectivity index (χ2v) is 5.73. The van der Waals surface area contributed by atoms with E-state index in [1.165, 1.54) is 24.2 Å². The SMILES string of the molecule is c1ccc(CN2CCC(NCCc3ccccn3)C2)cc1. The van der Waals surface area contributed by atoms with Crippen molar-refractivity contribution in [2.75, 3.05) is 19.6 Å². The highest BCUT2D eigenvalue weighted by molar-refractivity contribution is 5.14. The highest BCUT2D eigenvalue weighted by Crippen LogP contribution is 2.13. The Morgan fingerprint density at radius 3 is 2.76 bits per heavy atom. The third-order valence-electron chi connectivity index (χ3n) is 4.06. The minimum atomic E-state index is 0.623. The number of rotatable bonds is 6. The average Bonchev–Trinajstić information content (AvgIpc) is 2.97. The fourth-order valence-corrected chi connectivity index (χ4v) is 2.93. The lowest BCUT2D eigenvalue weighted by atomic mass is 10.2. The Hall–Kier alpha value is -1.71. The Labute approximate surface area is 127 Å². The van der Waals surface area contributed by atoms with E-state index < -0.39 is 0 Å². The minimum absolute atomic E-state index is 0.623. The first-order valence-electron chi connectivity index (χ1n) is 7.80. The lowest BCUT2D eigenvalue weighted by Crippen LogP contribution is -2.33. The first kappa shape index (κ1) is 14.2. The molecular formula is C18H23N3. The van der Waals surface area contributed by atoms with Gasteiger partial charge >= 0.3 is 0 Å². The number of hydrogen-bond donors (Lipinski definition) is 1. The van der Waals surface area contributed by atoms with Gasteiger partial charge in [0.15, 0.2) is 0 Å². The summed E-state index contributed by atoms with van der Waals surface area (Å²) in [5.41, 5.74) is 2.58. The Kier molecular flexibility index (Phi) is 4.98. The Morgan fingerprint density at radius 2 is 1.95 bits per heavy atom. The van der Waals surface area contributed by atoms with Gasteiger partial charge in [-0.1, -0.05) is 36.4 Å². The van der Waals surface area contributed by atoms with E-state index in [0.717, 1.165) is 26.1 Å². The van der Waals surface area contributed by atoms with E-state index in [9.17, 15) is 0 Å². The summed E-state index contributed by atoms with van der Waals surface area (Å²) in [6, 6.07) is 17.5. The Bertz CT molecular complexity index is 527. The monoisotopic (exact) mass is 281 g/mol. The maximum absolute atomic E-state index is 4.36. The summed E-state index contributed by atoms with van der Waals surface area (Å²) >= 11 is 0. The van der Waals surface area contributed by atoms with E-state index in [-0.39, 0.29) is 0 Å². The van der Waals surface area contributed by atoms with Crippen LogP contribution in [-0.2, 0) is 13.0 Å². The lowest BCUT2D eigenvalue weighted by molar-refractivity contribution is 0.320. The smallest absolute Gasteiger partial charge is 0.0416 e. The molecule has 0 spiro atoms. The molecule has 0 aliphatic carbocycles. The Balaban J connectivity index is 1.39. The second kappa shape index (κ2) is 7.34. The molecule has 110 valence electrons.